The Hall–Kier alpha value is -2.47. The third-order valence-corrected chi connectivity index (χ3v) is 3.77. The number of nitrogens with two attached hydrogens (primary N) is 1. The summed E-state index contributed by atoms with van der Waals surface area (Å²) in [7, 11) is 0. The van der Waals surface area contributed by atoms with Gasteiger partial charge >= 0.3 is 0 Å². The van der Waals surface area contributed by atoms with Crippen molar-refractivity contribution in [2.24, 2.45) is 5.73 Å². The van der Waals surface area contributed by atoms with Crippen LogP contribution in [0.2, 0.25) is 0 Å². The fraction of sp³-hybridized carbons (Fsp3) is 0.125. The SMILES string of the molecule is Cc1ccc(/C=C/C(=O)Nc2ccccc2SCC(N)=O)o1. The molecule has 1 aromatic heterocycles. The monoisotopic (exact) mass is 316 g/mol. The highest BCUT2D eigenvalue weighted by atomic mass is 32.2. The van der Waals surface area contributed by atoms with Gasteiger partial charge in [0.25, 0.3) is 0 Å². The van der Waals surface area contributed by atoms with Gasteiger partial charge in [-0.05, 0) is 37.3 Å². The Morgan fingerprint density at radius 2 is 2.05 bits per heavy atom. The van der Waals surface area contributed by atoms with E-state index in [-0.39, 0.29) is 11.7 Å². The van der Waals surface area contributed by atoms with Gasteiger partial charge in [-0.2, -0.15) is 0 Å². The second kappa shape index (κ2) is 7.51. The van der Waals surface area contributed by atoms with Crippen molar-refractivity contribution >= 4 is 35.3 Å². The Morgan fingerprint density at radius 1 is 1.27 bits per heavy atom. The quantitative estimate of drug-likeness (QED) is 0.634. The summed E-state index contributed by atoms with van der Waals surface area (Å²) in [5, 5.41) is 2.77. The van der Waals surface area contributed by atoms with E-state index in [1.165, 1.54) is 17.8 Å². The van der Waals surface area contributed by atoms with Crippen molar-refractivity contribution in [3.8, 4) is 0 Å². The van der Waals surface area contributed by atoms with Crippen molar-refractivity contribution in [1.82, 2.24) is 0 Å². The number of carbonyl (C=O) groups is 2. The molecular formula is C16H16N2O3S. The summed E-state index contributed by atoms with van der Waals surface area (Å²) in [6, 6.07) is 10.8. The zero-order chi connectivity index (χ0) is 15.9. The standard InChI is InChI=1S/C16H16N2O3S/c1-11-6-7-12(21-11)8-9-16(20)18-13-4-2-3-5-14(13)22-10-15(17)19/h2-9H,10H2,1H3,(H2,17,19)(H,18,20)/b9-8+. The van der Waals surface area contributed by atoms with Crippen molar-refractivity contribution in [2.45, 2.75) is 11.8 Å². The molecule has 3 N–H and O–H groups in total. The Bertz CT molecular complexity index is 707. The number of rotatable bonds is 6. The predicted octanol–water partition coefficient (Wildman–Crippen LogP) is 2.82. The van der Waals surface area contributed by atoms with E-state index in [0.29, 0.717) is 11.4 Å². The molecule has 0 atom stereocenters. The number of nitrogens with one attached hydrogen (secondary N) is 1. The molecule has 0 aliphatic carbocycles. The number of para-hydroxylation sites is 1. The summed E-state index contributed by atoms with van der Waals surface area (Å²) in [5.74, 6) is 0.881. The zero-order valence-corrected chi connectivity index (χ0v) is 12.9. The van der Waals surface area contributed by atoms with Crippen LogP contribution in [0.25, 0.3) is 6.08 Å². The minimum Gasteiger partial charge on any atom is -0.462 e. The molecule has 114 valence electrons. The number of hydrogen-bond donors (Lipinski definition) is 2. The third-order valence-electron chi connectivity index (χ3n) is 2.67. The molecule has 6 heteroatoms. The summed E-state index contributed by atoms with van der Waals surface area (Å²) < 4.78 is 5.35. The molecule has 2 rings (SSSR count). The van der Waals surface area contributed by atoms with Crippen LogP contribution < -0.4 is 11.1 Å². The molecule has 0 radical (unpaired) electrons. The lowest BCUT2D eigenvalue weighted by molar-refractivity contribution is -0.115. The highest BCUT2D eigenvalue weighted by Crippen LogP contribution is 2.26. The minimum atomic E-state index is -0.404. The lowest BCUT2D eigenvalue weighted by atomic mass is 10.3. The van der Waals surface area contributed by atoms with Crippen LogP contribution >= 0.6 is 11.8 Å². The first-order valence-corrected chi connectivity index (χ1v) is 7.59. The lowest BCUT2D eigenvalue weighted by Gasteiger charge is -2.08. The first-order valence-electron chi connectivity index (χ1n) is 6.60. The zero-order valence-electron chi connectivity index (χ0n) is 12.0. The Labute approximate surface area is 132 Å². The smallest absolute Gasteiger partial charge is 0.248 e. The number of thioether (sulfide) groups is 1. The Balaban J connectivity index is 2.02. The number of hydrogen-bond acceptors (Lipinski definition) is 4. The first-order chi connectivity index (χ1) is 10.5. The molecule has 2 aromatic rings. The maximum atomic E-state index is 11.9. The minimum absolute atomic E-state index is 0.161. The van der Waals surface area contributed by atoms with E-state index in [4.69, 9.17) is 10.2 Å². The van der Waals surface area contributed by atoms with E-state index in [1.807, 2.05) is 31.2 Å². The Kier molecular flexibility index (Phi) is 5.43. The number of amides is 2. The number of carbonyl (C=O) groups excluding carboxylic acids is 2. The molecule has 1 aromatic carbocycles. The maximum absolute atomic E-state index is 11.9. The van der Waals surface area contributed by atoms with E-state index in [1.54, 1.807) is 18.2 Å². The van der Waals surface area contributed by atoms with Crippen LogP contribution in [0.1, 0.15) is 11.5 Å². The van der Waals surface area contributed by atoms with Gasteiger partial charge in [-0.3, -0.25) is 9.59 Å². The van der Waals surface area contributed by atoms with Gasteiger partial charge in [0.2, 0.25) is 11.8 Å². The lowest BCUT2D eigenvalue weighted by Crippen LogP contribution is -2.13. The van der Waals surface area contributed by atoms with Gasteiger partial charge in [0.15, 0.2) is 0 Å². The van der Waals surface area contributed by atoms with Gasteiger partial charge in [-0.15, -0.1) is 11.8 Å². The van der Waals surface area contributed by atoms with E-state index < -0.39 is 5.91 Å². The highest BCUT2D eigenvalue weighted by molar-refractivity contribution is 8.00. The molecule has 0 saturated carbocycles. The van der Waals surface area contributed by atoms with Gasteiger partial charge in [-0.25, -0.2) is 0 Å². The molecule has 0 aliphatic rings. The van der Waals surface area contributed by atoms with Crippen LogP contribution in [0.3, 0.4) is 0 Å². The molecule has 0 fully saturated rings. The van der Waals surface area contributed by atoms with Crippen LogP contribution in [0.5, 0.6) is 0 Å². The number of aryl methyl sites for hydroxylation is 1. The van der Waals surface area contributed by atoms with Gasteiger partial charge in [0.05, 0.1) is 11.4 Å². The number of benzene rings is 1. The van der Waals surface area contributed by atoms with Crippen LogP contribution in [0.15, 0.2) is 51.8 Å². The number of anilines is 1. The molecule has 1 heterocycles. The van der Waals surface area contributed by atoms with E-state index in [2.05, 4.69) is 5.32 Å². The number of furan rings is 1. The molecule has 0 spiro atoms. The van der Waals surface area contributed by atoms with Gasteiger partial charge in [0, 0.05) is 11.0 Å². The number of primary amides is 1. The fourth-order valence-corrected chi connectivity index (χ4v) is 2.47. The normalized spacial score (nSPS) is 10.8. The molecule has 0 bridgehead atoms. The van der Waals surface area contributed by atoms with Crippen LogP contribution in [0, 0.1) is 6.92 Å². The summed E-state index contributed by atoms with van der Waals surface area (Å²) in [6.07, 6.45) is 3.00. The van der Waals surface area contributed by atoms with Crippen molar-refractivity contribution in [1.29, 1.82) is 0 Å². The van der Waals surface area contributed by atoms with E-state index in [9.17, 15) is 9.59 Å². The van der Waals surface area contributed by atoms with Crippen LogP contribution in [-0.2, 0) is 9.59 Å². The average molecular weight is 316 g/mol. The van der Waals surface area contributed by atoms with Crippen molar-refractivity contribution in [3.05, 3.63) is 54.0 Å². The predicted molar refractivity (Wildman–Crippen MR) is 87.5 cm³/mol. The molecule has 0 aliphatic heterocycles. The summed E-state index contributed by atoms with van der Waals surface area (Å²) in [4.78, 5) is 23.6. The van der Waals surface area contributed by atoms with Crippen LogP contribution in [0.4, 0.5) is 5.69 Å². The first kappa shape index (κ1) is 15.9. The third kappa shape index (κ3) is 4.82. The molecular weight excluding hydrogens is 300 g/mol. The molecule has 0 saturated heterocycles. The van der Waals surface area contributed by atoms with Gasteiger partial charge in [0.1, 0.15) is 11.5 Å². The van der Waals surface area contributed by atoms with Gasteiger partial charge < -0.3 is 15.5 Å². The second-order valence-electron chi connectivity index (χ2n) is 4.52. The average Bonchev–Trinajstić information content (AvgIpc) is 2.90. The van der Waals surface area contributed by atoms with Crippen molar-refractivity contribution in [2.75, 3.05) is 11.1 Å². The summed E-state index contributed by atoms with van der Waals surface area (Å²) >= 11 is 1.28. The largest absolute Gasteiger partial charge is 0.462 e. The van der Waals surface area contributed by atoms with Crippen molar-refractivity contribution in [3.63, 3.8) is 0 Å². The van der Waals surface area contributed by atoms with Crippen molar-refractivity contribution < 1.29 is 14.0 Å². The fourth-order valence-electron chi connectivity index (χ4n) is 1.72. The summed E-state index contributed by atoms with van der Waals surface area (Å²) in [5.41, 5.74) is 5.77. The Morgan fingerprint density at radius 3 is 2.73 bits per heavy atom. The van der Waals surface area contributed by atoms with E-state index in [0.717, 1.165) is 10.7 Å². The molecule has 0 unspecified atom stereocenters. The maximum Gasteiger partial charge on any atom is 0.248 e. The summed E-state index contributed by atoms with van der Waals surface area (Å²) in [6.45, 7) is 1.84. The van der Waals surface area contributed by atoms with E-state index >= 15 is 0 Å². The molecule has 22 heavy (non-hydrogen) atoms. The van der Waals surface area contributed by atoms with Crippen LogP contribution in [-0.4, -0.2) is 17.6 Å². The second-order valence-corrected chi connectivity index (χ2v) is 5.54. The molecule has 5 nitrogen and oxygen atoms in total. The highest BCUT2D eigenvalue weighted by Gasteiger charge is 2.06. The topological polar surface area (TPSA) is 85.3 Å². The van der Waals surface area contributed by atoms with Gasteiger partial charge in [-0.1, -0.05) is 12.1 Å². The molecule has 2 amide bonds.